The van der Waals surface area contributed by atoms with Crippen molar-refractivity contribution in [1.82, 2.24) is 10.3 Å². The van der Waals surface area contributed by atoms with Crippen LogP contribution in [-0.2, 0) is 19.5 Å². The first-order valence-corrected chi connectivity index (χ1v) is 6.46. The van der Waals surface area contributed by atoms with Gasteiger partial charge in [0.25, 0.3) is 0 Å². The molecule has 0 atom stereocenters. The molecule has 0 unspecified atom stereocenters. The monoisotopic (exact) mass is 251 g/mol. The molecule has 1 heterocycles. The summed E-state index contributed by atoms with van der Waals surface area (Å²) in [5.41, 5.74) is 4.26. The zero-order valence-electron chi connectivity index (χ0n) is 11.1. The second-order valence-corrected chi connectivity index (χ2v) is 4.39. The van der Waals surface area contributed by atoms with Gasteiger partial charge in [-0.2, -0.15) is 5.26 Å². The zero-order chi connectivity index (χ0) is 13.5. The summed E-state index contributed by atoms with van der Waals surface area (Å²) in [4.78, 5) is 3.96. The third-order valence-corrected chi connectivity index (χ3v) is 3.08. The van der Waals surface area contributed by atoms with Crippen molar-refractivity contribution in [1.29, 1.82) is 5.26 Å². The van der Waals surface area contributed by atoms with Gasteiger partial charge in [0.1, 0.15) is 11.8 Å². The number of pyridine rings is 1. The number of nitrogens with zero attached hydrogens (tertiary/aromatic N) is 2. The van der Waals surface area contributed by atoms with Gasteiger partial charge < -0.3 is 5.32 Å². The van der Waals surface area contributed by atoms with Crippen LogP contribution in [-0.4, -0.2) is 4.98 Å². The SMILES string of the molecule is CCc1ccccc1CNCc1ccnc(C#N)c1. The van der Waals surface area contributed by atoms with Crippen LogP contribution >= 0.6 is 0 Å². The number of nitrogens with one attached hydrogen (secondary N) is 1. The van der Waals surface area contributed by atoms with Gasteiger partial charge in [-0.1, -0.05) is 31.2 Å². The highest BCUT2D eigenvalue weighted by Gasteiger charge is 2.00. The number of aryl methyl sites for hydroxylation is 1. The Hall–Kier alpha value is -2.18. The smallest absolute Gasteiger partial charge is 0.140 e. The lowest BCUT2D eigenvalue weighted by Gasteiger charge is -2.09. The van der Waals surface area contributed by atoms with E-state index in [1.165, 1.54) is 11.1 Å². The van der Waals surface area contributed by atoms with Gasteiger partial charge in [0.05, 0.1) is 0 Å². The second-order valence-electron chi connectivity index (χ2n) is 4.39. The quantitative estimate of drug-likeness (QED) is 0.889. The molecule has 0 radical (unpaired) electrons. The summed E-state index contributed by atoms with van der Waals surface area (Å²) in [7, 11) is 0. The van der Waals surface area contributed by atoms with E-state index in [0.717, 1.165) is 25.1 Å². The molecule has 96 valence electrons. The molecule has 0 aliphatic carbocycles. The minimum Gasteiger partial charge on any atom is -0.309 e. The van der Waals surface area contributed by atoms with Crippen LogP contribution in [0.25, 0.3) is 0 Å². The Morgan fingerprint density at radius 2 is 1.95 bits per heavy atom. The summed E-state index contributed by atoms with van der Waals surface area (Å²) >= 11 is 0. The first kappa shape index (κ1) is 13.3. The van der Waals surface area contributed by atoms with E-state index < -0.39 is 0 Å². The van der Waals surface area contributed by atoms with Crippen molar-refractivity contribution in [2.75, 3.05) is 0 Å². The summed E-state index contributed by atoms with van der Waals surface area (Å²) in [6.45, 7) is 3.75. The number of benzene rings is 1. The number of aromatic nitrogens is 1. The molecule has 3 nitrogen and oxygen atoms in total. The van der Waals surface area contributed by atoms with E-state index >= 15 is 0 Å². The summed E-state index contributed by atoms with van der Waals surface area (Å²) in [6, 6.07) is 14.3. The van der Waals surface area contributed by atoms with Gasteiger partial charge in [-0.3, -0.25) is 0 Å². The van der Waals surface area contributed by atoms with Crippen molar-refractivity contribution in [2.45, 2.75) is 26.4 Å². The topological polar surface area (TPSA) is 48.7 Å². The van der Waals surface area contributed by atoms with Crippen molar-refractivity contribution in [3.63, 3.8) is 0 Å². The molecule has 1 aromatic carbocycles. The minimum absolute atomic E-state index is 0.466. The maximum Gasteiger partial charge on any atom is 0.140 e. The van der Waals surface area contributed by atoms with Gasteiger partial charge in [0.15, 0.2) is 0 Å². The fourth-order valence-corrected chi connectivity index (χ4v) is 2.06. The van der Waals surface area contributed by atoms with Crippen molar-refractivity contribution < 1.29 is 0 Å². The lowest BCUT2D eigenvalue weighted by molar-refractivity contribution is 0.687. The molecule has 0 bridgehead atoms. The van der Waals surface area contributed by atoms with Gasteiger partial charge in [-0.15, -0.1) is 0 Å². The lowest BCUT2D eigenvalue weighted by Crippen LogP contribution is -2.14. The highest BCUT2D eigenvalue weighted by molar-refractivity contribution is 5.28. The average molecular weight is 251 g/mol. The Morgan fingerprint density at radius 3 is 2.68 bits per heavy atom. The minimum atomic E-state index is 0.466. The van der Waals surface area contributed by atoms with Crippen LogP contribution in [0.15, 0.2) is 42.6 Å². The molecule has 0 saturated heterocycles. The van der Waals surface area contributed by atoms with Crippen LogP contribution in [0.3, 0.4) is 0 Å². The molecular weight excluding hydrogens is 234 g/mol. The van der Waals surface area contributed by atoms with Gasteiger partial charge in [-0.05, 0) is 35.2 Å². The van der Waals surface area contributed by atoms with Crippen molar-refractivity contribution >= 4 is 0 Å². The summed E-state index contributed by atoms with van der Waals surface area (Å²) in [5.74, 6) is 0. The van der Waals surface area contributed by atoms with Gasteiger partial charge in [0.2, 0.25) is 0 Å². The predicted octanol–water partition coefficient (Wildman–Crippen LogP) is 2.81. The highest BCUT2D eigenvalue weighted by atomic mass is 14.8. The largest absolute Gasteiger partial charge is 0.309 e. The first-order valence-electron chi connectivity index (χ1n) is 6.46. The Balaban J connectivity index is 1.94. The van der Waals surface area contributed by atoms with E-state index in [4.69, 9.17) is 5.26 Å². The molecule has 0 fully saturated rings. The standard InChI is InChI=1S/C16H17N3/c1-2-14-5-3-4-6-15(14)12-18-11-13-7-8-19-16(9-13)10-17/h3-9,18H,2,11-12H2,1H3. The van der Waals surface area contributed by atoms with Crippen molar-refractivity contribution in [2.24, 2.45) is 0 Å². The second kappa shape index (κ2) is 6.67. The molecule has 0 aliphatic heterocycles. The molecule has 1 aromatic heterocycles. The Morgan fingerprint density at radius 1 is 1.16 bits per heavy atom. The van der Waals surface area contributed by atoms with E-state index in [0.29, 0.717) is 5.69 Å². The molecule has 0 amide bonds. The Labute approximate surface area is 113 Å². The van der Waals surface area contributed by atoms with E-state index in [-0.39, 0.29) is 0 Å². The molecule has 0 aliphatic rings. The van der Waals surface area contributed by atoms with E-state index in [2.05, 4.69) is 47.6 Å². The Bertz CT molecular complexity index is 585. The number of nitriles is 1. The molecule has 3 heteroatoms. The van der Waals surface area contributed by atoms with Gasteiger partial charge in [-0.25, -0.2) is 4.98 Å². The average Bonchev–Trinajstić information content (AvgIpc) is 2.48. The summed E-state index contributed by atoms with van der Waals surface area (Å²) < 4.78 is 0. The lowest BCUT2D eigenvalue weighted by atomic mass is 10.1. The van der Waals surface area contributed by atoms with Crippen LogP contribution in [0.4, 0.5) is 0 Å². The fourth-order valence-electron chi connectivity index (χ4n) is 2.06. The van der Waals surface area contributed by atoms with Crippen LogP contribution < -0.4 is 5.32 Å². The van der Waals surface area contributed by atoms with E-state index in [1.807, 2.05) is 12.1 Å². The van der Waals surface area contributed by atoms with Crippen LogP contribution in [0.2, 0.25) is 0 Å². The van der Waals surface area contributed by atoms with E-state index in [1.54, 1.807) is 6.20 Å². The molecule has 19 heavy (non-hydrogen) atoms. The maximum absolute atomic E-state index is 8.80. The summed E-state index contributed by atoms with van der Waals surface area (Å²) in [5, 5.41) is 12.2. The molecule has 0 spiro atoms. The Kier molecular flexibility index (Phi) is 4.66. The fraction of sp³-hybridized carbons (Fsp3) is 0.250. The zero-order valence-corrected chi connectivity index (χ0v) is 11.1. The van der Waals surface area contributed by atoms with Gasteiger partial charge >= 0.3 is 0 Å². The molecule has 2 aromatic rings. The van der Waals surface area contributed by atoms with E-state index in [9.17, 15) is 0 Å². The normalized spacial score (nSPS) is 10.1. The number of rotatable bonds is 5. The third-order valence-electron chi connectivity index (χ3n) is 3.08. The van der Waals surface area contributed by atoms with Crippen molar-refractivity contribution in [3.05, 3.63) is 65.0 Å². The number of hydrogen-bond acceptors (Lipinski definition) is 3. The molecule has 2 rings (SSSR count). The van der Waals surface area contributed by atoms with Crippen LogP contribution in [0.5, 0.6) is 0 Å². The molecular formula is C16H17N3. The summed E-state index contributed by atoms with van der Waals surface area (Å²) in [6.07, 6.45) is 2.72. The molecule has 0 saturated carbocycles. The highest BCUT2D eigenvalue weighted by Crippen LogP contribution is 2.09. The maximum atomic E-state index is 8.80. The van der Waals surface area contributed by atoms with Crippen LogP contribution in [0, 0.1) is 11.3 Å². The molecule has 1 N–H and O–H groups in total. The first-order chi connectivity index (χ1) is 9.33. The third kappa shape index (κ3) is 3.64. The number of hydrogen-bond donors (Lipinski definition) is 1. The van der Waals surface area contributed by atoms with Crippen LogP contribution in [0.1, 0.15) is 29.3 Å². The predicted molar refractivity (Wildman–Crippen MR) is 75.3 cm³/mol. The van der Waals surface area contributed by atoms with Gasteiger partial charge in [0, 0.05) is 19.3 Å². The van der Waals surface area contributed by atoms with Crippen molar-refractivity contribution in [3.8, 4) is 6.07 Å².